The summed E-state index contributed by atoms with van der Waals surface area (Å²) in [4.78, 5) is 3.60. The molecule has 0 bridgehead atoms. The molecule has 0 fully saturated rings. The van der Waals surface area contributed by atoms with E-state index in [0.29, 0.717) is 15.7 Å². The minimum Gasteiger partial charge on any atom is -0.382 e. The molecule has 0 radical (unpaired) electrons. The van der Waals surface area contributed by atoms with Gasteiger partial charge in [0.05, 0.1) is 22.3 Å². The van der Waals surface area contributed by atoms with E-state index < -0.39 is 10.0 Å². The first-order valence-corrected chi connectivity index (χ1v) is 8.12. The van der Waals surface area contributed by atoms with Crippen LogP contribution in [0, 0.1) is 11.3 Å². The molecule has 0 unspecified atom stereocenters. The van der Waals surface area contributed by atoms with Crippen molar-refractivity contribution >= 4 is 49.1 Å². The van der Waals surface area contributed by atoms with Crippen molar-refractivity contribution < 1.29 is 8.42 Å². The minimum atomic E-state index is -3.86. The molecule has 0 saturated heterocycles. The van der Waals surface area contributed by atoms with Crippen LogP contribution in [0.2, 0.25) is 5.02 Å². The molecule has 0 aliphatic carbocycles. The van der Waals surface area contributed by atoms with Gasteiger partial charge in [-0.2, -0.15) is 5.26 Å². The number of nitrogens with one attached hydrogen (secondary N) is 1. The summed E-state index contributed by atoms with van der Waals surface area (Å²) in [5, 5.41) is 8.83. The van der Waals surface area contributed by atoms with Gasteiger partial charge in [-0.1, -0.05) is 11.6 Å². The zero-order valence-electron chi connectivity index (χ0n) is 10.3. The second-order valence-corrected chi connectivity index (χ2v) is 6.89. The van der Waals surface area contributed by atoms with Gasteiger partial charge in [-0.05, 0) is 40.2 Å². The Kier molecular flexibility index (Phi) is 4.37. The second kappa shape index (κ2) is 5.89. The molecule has 0 aliphatic heterocycles. The van der Waals surface area contributed by atoms with E-state index in [-0.39, 0.29) is 15.7 Å². The van der Waals surface area contributed by atoms with E-state index in [0.717, 1.165) is 6.20 Å². The summed E-state index contributed by atoms with van der Waals surface area (Å²) < 4.78 is 27.3. The molecule has 0 spiro atoms. The zero-order valence-corrected chi connectivity index (χ0v) is 13.5. The molecule has 1 aromatic heterocycles. The summed E-state index contributed by atoms with van der Waals surface area (Å²) in [6, 6.07) is 7.65. The van der Waals surface area contributed by atoms with Crippen molar-refractivity contribution in [2.24, 2.45) is 0 Å². The van der Waals surface area contributed by atoms with E-state index in [1.807, 2.05) is 6.07 Å². The number of nitrogens with zero attached hydrogens (tertiary/aromatic N) is 2. The summed E-state index contributed by atoms with van der Waals surface area (Å²) in [7, 11) is -3.86. The molecular formula is C12H8BrClN4O2S. The van der Waals surface area contributed by atoms with Gasteiger partial charge in [-0.3, -0.25) is 4.72 Å². The van der Waals surface area contributed by atoms with E-state index in [9.17, 15) is 8.42 Å². The van der Waals surface area contributed by atoms with Gasteiger partial charge in [-0.15, -0.1) is 0 Å². The molecule has 3 N–H and O–H groups in total. The highest BCUT2D eigenvalue weighted by molar-refractivity contribution is 9.10. The number of pyridine rings is 1. The first kappa shape index (κ1) is 15.6. The number of benzene rings is 1. The van der Waals surface area contributed by atoms with Crippen LogP contribution in [0.3, 0.4) is 0 Å². The fraction of sp³-hybridized carbons (Fsp3) is 0. The van der Waals surface area contributed by atoms with Crippen LogP contribution in [0.5, 0.6) is 0 Å². The molecule has 1 heterocycles. The Morgan fingerprint density at radius 3 is 2.67 bits per heavy atom. The average molecular weight is 388 g/mol. The van der Waals surface area contributed by atoms with Gasteiger partial charge in [0.25, 0.3) is 10.0 Å². The first-order valence-electron chi connectivity index (χ1n) is 5.47. The average Bonchev–Trinajstić information content (AvgIpc) is 2.43. The van der Waals surface area contributed by atoms with Gasteiger partial charge < -0.3 is 5.73 Å². The highest BCUT2D eigenvalue weighted by Gasteiger charge is 2.17. The number of nitrogen functional groups attached to an aromatic ring is 1. The molecule has 108 valence electrons. The standard InChI is InChI=1S/C12H8BrClN4O2S/c13-9-3-7(5-15)1-2-11(9)18-21(19,20)8-4-10(14)12(16)17-6-8/h1-4,6,18H,(H2,16,17). The molecule has 2 aromatic rings. The Morgan fingerprint density at radius 2 is 2.10 bits per heavy atom. The van der Waals surface area contributed by atoms with Gasteiger partial charge in [0.15, 0.2) is 0 Å². The Labute approximate surface area is 134 Å². The van der Waals surface area contributed by atoms with Crippen LogP contribution in [0.1, 0.15) is 5.56 Å². The topological polar surface area (TPSA) is 109 Å². The number of hydrogen-bond donors (Lipinski definition) is 2. The van der Waals surface area contributed by atoms with Gasteiger partial charge in [-0.25, -0.2) is 13.4 Å². The van der Waals surface area contributed by atoms with Crippen LogP contribution in [-0.4, -0.2) is 13.4 Å². The zero-order chi connectivity index (χ0) is 15.6. The molecule has 0 atom stereocenters. The van der Waals surface area contributed by atoms with Crippen molar-refractivity contribution in [3.8, 4) is 6.07 Å². The lowest BCUT2D eigenvalue weighted by Crippen LogP contribution is -2.14. The van der Waals surface area contributed by atoms with Gasteiger partial charge in [0.2, 0.25) is 0 Å². The van der Waals surface area contributed by atoms with Crippen molar-refractivity contribution in [2.45, 2.75) is 4.90 Å². The Morgan fingerprint density at radius 1 is 1.38 bits per heavy atom. The van der Waals surface area contributed by atoms with Crippen LogP contribution in [-0.2, 0) is 10.0 Å². The lowest BCUT2D eigenvalue weighted by Gasteiger charge is -2.10. The first-order chi connectivity index (χ1) is 9.83. The molecule has 2 rings (SSSR count). The number of halogens is 2. The summed E-state index contributed by atoms with van der Waals surface area (Å²) in [5.74, 6) is 0.0511. The van der Waals surface area contributed by atoms with Crippen LogP contribution >= 0.6 is 27.5 Å². The fourth-order valence-electron chi connectivity index (χ4n) is 1.45. The molecule has 0 amide bonds. The summed E-state index contributed by atoms with van der Waals surface area (Å²) >= 11 is 8.97. The number of aromatic nitrogens is 1. The summed E-state index contributed by atoms with van der Waals surface area (Å²) in [5.41, 5.74) is 6.14. The van der Waals surface area contributed by atoms with Gasteiger partial charge in [0.1, 0.15) is 10.7 Å². The van der Waals surface area contributed by atoms with Gasteiger partial charge in [0, 0.05) is 10.7 Å². The van der Waals surface area contributed by atoms with Crippen LogP contribution < -0.4 is 10.5 Å². The van der Waals surface area contributed by atoms with Crippen LogP contribution in [0.15, 0.2) is 39.8 Å². The number of nitrogens with two attached hydrogens (primary N) is 1. The van der Waals surface area contributed by atoms with E-state index in [2.05, 4.69) is 25.6 Å². The third kappa shape index (κ3) is 3.44. The highest BCUT2D eigenvalue weighted by atomic mass is 79.9. The normalized spacial score (nSPS) is 10.9. The third-order valence-electron chi connectivity index (χ3n) is 2.50. The van der Waals surface area contributed by atoms with E-state index >= 15 is 0 Å². The van der Waals surface area contributed by atoms with Crippen molar-refractivity contribution in [3.63, 3.8) is 0 Å². The fourth-order valence-corrected chi connectivity index (χ4v) is 3.34. The highest BCUT2D eigenvalue weighted by Crippen LogP contribution is 2.27. The van der Waals surface area contributed by atoms with Crippen LogP contribution in [0.4, 0.5) is 11.5 Å². The monoisotopic (exact) mass is 386 g/mol. The lowest BCUT2D eigenvalue weighted by atomic mass is 10.2. The molecule has 21 heavy (non-hydrogen) atoms. The number of rotatable bonds is 3. The molecular weight excluding hydrogens is 380 g/mol. The number of anilines is 2. The van der Waals surface area contributed by atoms with E-state index in [1.54, 1.807) is 0 Å². The molecule has 9 heteroatoms. The maximum Gasteiger partial charge on any atom is 0.263 e. The third-order valence-corrected chi connectivity index (χ3v) is 4.79. The predicted molar refractivity (Wildman–Crippen MR) is 83.3 cm³/mol. The predicted octanol–water partition coefficient (Wildman–Crippen LogP) is 2.75. The maximum absolute atomic E-state index is 12.2. The number of sulfonamides is 1. The smallest absolute Gasteiger partial charge is 0.263 e. The molecule has 0 saturated carbocycles. The van der Waals surface area contributed by atoms with Crippen molar-refractivity contribution in [1.29, 1.82) is 5.26 Å². The quantitative estimate of drug-likeness (QED) is 0.841. The number of hydrogen-bond acceptors (Lipinski definition) is 5. The minimum absolute atomic E-state index is 0.0511. The van der Waals surface area contributed by atoms with Crippen molar-refractivity contribution in [1.82, 2.24) is 4.98 Å². The summed E-state index contributed by atoms with van der Waals surface area (Å²) in [6.45, 7) is 0. The van der Waals surface area contributed by atoms with Crippen molar-refractivity contribution in [3.05, 3.63) is 45.5 Å². The van der Waals surface area contributed by atoms with Crippen LogP contribution in [0.25, 0.3) is 0 Å². The lowest BCUT2D eigenvalue weighted by molar-refractivity contribution is 0.601. The Hall–Kier alpha value is -1.82. The summed E-state index contributed by atoms with van der Waals surface area (Å²) in [6.07, 6.45) is 1.11. The molecule has 1 aromatic carbocycles. The Bertz CT molecular complexity index is 849. The molecule has 0 aliphatic rings. The SMILES string of the molecule is N#Cc1ccc(NS(=O)(=O)c2cnc(N)c(Cl)c2)c(Br)c1. The second-order valence-electron chi connectivity index (χ2n) is 3.95. The maximum atomic E-state index is 12.2. The Balaban J connectivity index is 2.37. The largest absolute Gasteiger partial charge is 0.382 e. The van der Waals surface area contributed by atoms with Gasteiger partial charge >= 0.3 is 0 Å². The van der Waals surface area contributed by atoms with E-state index in [1.165, 1.54) is 24.3 Å². The number of nitriles is 1. The molecule has 6 nitrogen and oxygen atoms in total. The van der Waals surface area contributed by atoms with Crippen molar-refractivity contribution in [2.75, 3.05) is 10.5 Å². The van der Waals surface area contributed by atoms with E-state index in [4.69, 9.17) is 22.6 Å².